The Hall–Kier alpha value is -7.72. The fourth-order valence-corrected chi connectivity index (χ4v) is 9.52. The molecule has 4 aliphatic rings. The van der Waals surface area contributed by atoms with Crippen molar-refractivity contribution in [1.29, 1.82) is 0 Å². The summed E-state index contributed by atoms with van der Waals surface area (Å²) in [6, 6.07) is 10.9. The number of carbonyl (C=O) groups is 5. The first-order valence-corrected chi connectivity index (χ1v) is 21.7. The highest BCUT2D eigenvalue weighted by Gasteiger charge is 2.45. The molecule has 0 spiro atoms. The first-order valence-electron chi connectivity index (χ1n) is 21.7. The Morgan fingerprint density at radius 3 is 1.67 bits per heavy atom. The molecule has 0 saturated heterocycles. The molecule has 334 valence electrons. The largest absolute Gasteiger partial charge is 0.871 e. The summed E-state index contributed by atoms with van der Waals surface area (Å²) in [7, 11) is 3.24. The van der Waals surface area contributed by atoms with E-state index in [0.717, 1.165) is 25.4 Å². The van der Waals surface area contributed by atoms with E-state index in [1.54, 1.807) is 76.5 Å². The lowest BCUT2D eigenvalue weighted by Gasteiger charge is -2.32. The third-order valence-corrected chi connectivity index (χ3v) is 13.1. The Labute approximate surface area is 376 Å². The number of allylic oxidation sites excluding steroid dienone is 7. The van der Waals surface area contributed by atoms with E-state index >= 15 is 0 Å². The molecule has 2 aromatic heterocycles. The summed E-state index contributed by atoms with van der Waals surface area (Å²) in [4.78, 5) is 123. The third kappa shape index (κ3) is 6.53. The summed E-state index contributed by atoms with van der Waals surface area (Å²) in [5.41, 5.74) is 0.871. The van der Waals surface area contributed by atoms with Gasteiger partial charge in [-0.15, -0.1) is 0 Å². The van der Waals surface area contributed by atoms with E-state index in [2.05, 4.69) is 0 Å². The molecule has 2 amide bonds. The number of benzene rings is 3. The van der Waals surface area contributed by atoms with Crippen molar-refractivity contribution < 1.29 is 33.7 Å². The molecule has 0 N–H and O–H groups in total. The fourth-order valence-electron chi connectivity index (χ4n) is 9.52. The van der Waals surface area contributed by atoms with Crippen LogP contribution in [0.15, 0.2) is 109 Å². The van der Waals surface area contributed by atoms with Crippen LogP contribution in [-0.4, -0.2) is 111 Å². The molecule has 9 rings (SSSR count). The second kappa shape index (κ2) is 16.1. The Kier molecular flexibility index (Phi) is 10.6. The maximum atomic E-state index is 13.5. The van der Waals surface area contributed by atoms with Crippen LogP contribution in [0.4, 0.5) is 5.69 Å². The Morgan fingerprint density at radius 2 is 1.20 bits per heavy atom. The first kappa shape index (κ1) is 43.5. The van der Waals surface area contributed by atoms with E-state index in [1.165, 1.54) is 29.2 Å². The van der Waals surface area contributed by atoms with E-state index < -0.39 is 63.2 Å². The quantitative estimate of drug-likeness (QED) is 0.0767. The number of aromatic nitrogens is 2. The summed E-state index contributed by atoms with van der Waals surface area (Å²) >= 11 is 0. The van der Waals surface area contributed by atoms with Crippen molar-refractivity contribution in [2.24, 2.45) is 0 Å². The lowest BCUT2D eigenvalue weighted by molar-refractivity contribution is -0.522. The molecule has 5 aromatic rings. The van der Waals surface area contributed by atoms with Crippen molar-refractivity contribution in [3.63, 3.8) is 0 Å². The Bertz CT molecular complexity index is 3290. The summed E-state index contributed by atoms with van der Waals surface area (Å²) in [6.45, 7) is 8.89. The highest BCUT2D eigenvalue weighted by Crippen LogP contribution is 2.38. The minimum Gasteiger partial charge on any atom is -0.871 e. The number of likely N-dealkylation sites (N-methyl/N-ethyl adjacent to an activating group) is 3. The molecule has 0 radical (unpaired) electrons. The maximum Gasteiger partial charge on any atom is 0.261 e. The number of ketones is 3. The number of rotatable bonds is 12. The second-order valence-corrected chi connectivity index (χ2v) is 17.2. The van der Waals surface area contributed by atoms with Crippen LogP contribution < -0.4 is 32.2 Å². The zero-order valence-electron chi connectivity index (χ0n) is 37.1. The van der Waals surface area contributed by atoms with Crippen LogP contribution in [0.5, 0.6) is 0 Å². The minimum absolute atomic E-state index is 0.0359. The number of amides is 2. The highest BCUT2D eigenvalue weighted by atomic mass is 16.3. The van der Waals surface area contributed by atoms with Crippen molar-refractivity contribution in [3.05, 3.63) is 159 Å². The van der Waals surface area contributed by atoms with Gasteiger partial charge in [-0.25, -0.2) is 4.58 Å². The van der Waals surface area contributed by atoms with Gasteiger partial charge in [0.1, 0.15) is 12.6 Å². The van der Waals surface area contributed by atoms with Crippen LogP contribution in [0.3, 0.4) is 0 Å². The molecule has 0 bridgehead atoms. The average molecular weight is 889 g/mol. The Morgan fingerprint density at radius 1 is 0.667 bits per heavy atom. The van der Waals surface area contributed by atoms with E-state index in [-0.39, 0.29) is 87.2 Å². The normalized spacial score (nSPS) is 16.2. The number of nitrogens with zero attached hydrogens (tertiary/aromatic N) is 6. The van der Waals surface area contributed by atoms with E-state index in [9.17, 15) is 48.3 Å². The average Bonchev–Trinajstić information content (AvgIpc) is 3.89. The predicted octanol–water partition coefficient (Wildman–Crippen LogP) is 2.18. The summed E-state index contributed by atoms with van der Waals surface area (Å²) < 4.78 is 4.16. The van der Waals surface area contributed by atoms with Gasteiger partial charge in [0.25, 0.3) is 34.1 Å². The fraction of sp³-hybridized carbons (Fsp3) is 0.280. The van der Waals surface area contributed by atoms with Gasteiger partial charge in [-0.05, 0) is 101 Å². The van der Waals surface area contributed by atoms with E-state index in [4.69, 9.17) is 0 Å². The van der Waals surface area contributed by atoms with Gasteiger partial charge >= 0.3 is 0 Å². The van der Waals surface area contributed by atoms with Gasteiger partial charge < -0.3 is 10.0 Å². The summed E-state index contributed by atoms with van der Waals surface area (Å²) in [5, 5.41) is 13.9. The predicted molar refractivity (Wildman–Crippen MR) is 245 cm³/mol. The number of hydrogen-bond donors (Lipinski definition) is 0. The first-order chi connectivity index (χ1) is 31.5. The molecule has 0 fully saturated rings. The van der Waals surface area contributed by atoms with Crippen molar-refractivity contribution in [1.82, 2.24) is 18.9 Å². The van der Waals surface area contributed by atoms with Gasteiger partial charge in [-0.3, -0.25) is 62.1 Å². The van der Waals surface area contributed by atoms with Crippen LogP contribution in [0, 0.1) is 0 Å². The highest BCUT2D eigenvalue weighted by molar-refractivity contribution is 6.39. The molecular weight excluding hydrogens is 845 g/mol. The summed E-state index contributed by atoms with van der Waals surface area (Å²) in [5.74, 6) is -2.67. The van der Waals surface area contributed by atoms with Crippen molar-refractivity contribution >= 4 is 67.7 Å². The van der Waals surface area contributed by atoms with Gasteiger partial charge in [0.2, 0.25) is 0 Å². The van der Waals surface area contributed by atoms with Crippen LogP contribution in [0.25, 0.3) is 27.1 Å². The molecule has 66 heavy (non-hydrogen) atoms. The molecule has 16 nitrogen and oxygen atoms in total. The lowest BCUT2D eigenvalue weighted by atomic mass is 9.80. The van der Waals surface area contributed by atoms with Gasteiger partial charge in [-0.1, -0.05) is 17.9 Å². The van der Waals surface area contributed by atoms with Crippen molar-refractivity contribution in [3.8, 4) is 0 Å². The number of imide groups is 1. The smallest absolute Gasteiger partial charge is 0.261 e. The monoisotopic (exact) mass is 888 g/mol. The number of Topliss-reactive ketones (excluding diaryl/α,β-unsaturated/α-hetero) is 3. The topological polar surface area (TPSA) is 199 Å². The van der Waals surface area contributed by atoms with Gasteiger partial charge in [0.05, 0.1) is 39.2 Å². The number of carbonyl (C=O) groups excluding carboxylic acids is 5. The molecule has 3 heterocycles. The number of anilines is 1. The lowest BCUT2D eigenvalue weighted by Crippen LogP contribution is -2.37. The SMILES string of the molecule is CCN(CCn1c(=O)c2cc3c(=O)n(C(C)C)c(=O)c3cc2c1=O)c1ccc(C2=C([O-])C(=C3C=CC(=[N+](CC)CCN4C(=O)c5cc6c(cc5C4=O)C(=O)C(N(C)C)C6=O)C=C3)C2=O)cc1. The molecule has 16 heteroatoms. The summed E-state index contributed by atoms with van der Waals surface area (Å²) in [6.07, 6.45) is 6.89. The molecular formula is C50H44N6O10. The van der Waals surface area contributed by atoms with Crippen LogP contribution >= 0.6 is 0 Å². The molecule has 0 unspecified atom stereocenters. The zero-order chi connectivity index (χ0) is 47.2. The standard InChI is InChI=1S/C50H44N6O10/c1-7-52(17-19-54-45(61)32-21-30-31(22-33(32)46(54)62)42(58)40(41(30)57)51(5)6)28-13-9-26(10-14-28)38-43(59)39(44(38)60)27-11-15-29(16-12-27)53(8-2)18-20-55-47(63)34-23-36-37(24-35(34)48(55)64)50(66)56(25(3)4)49(36)65/h9-16,21-25,40H,7-8,17-20H2,1-6H3. The Balaban J connectivity index is 0.866. The molecule has 0 saturated carbocycles. The molecule has 1 aliphatic heterocycles. The minimum atomic E-state index is -0.986. The van der Waals surface area contributed by atoms with Crippen molar-refractivity contribution in [2.75, 3.05) is 51.7 Å². The number of fused-ring (bicyclic) bond motifs is 4. The maximum absolute atomic E-state index is 13.5. The zero-order valence-corrected chi connectivity index (χ0v) is 37.1. The van der Waals surface area contributed by atoms with E-state index in [1.807, 2.05) is 23.3 Å². The van der Waals surface area contributed by atoms with Gasteiger partial charge in [-0.2, -0.15) is 0 Å². The van der Waals surface area contributed by atoms with Crippen LogP contribution in [0.2, 0.25) is 0 Å². The van der Waals surface area contributed by atoms with Gasteiger partial charge in [0.15, 0.2) is 29.6 Å². The second-order valence-electron chi connectivity index (χ2n) is 17.2. The third-order valence-electron chi connectivity index (χ3n) is 13.1. The molecule has 0 atom stereocenters. The van der Waals surface area contributed by atoms with Crippen LogP contribution in [-0.2, 0) is 11.3 Å². The molecule has 3 aromatic carbocycles. The van der Waals surface area contributed by atoms with E-state index in [0.29, 0.717) is 24.2 Å². The van der Waals surface area contributed by atoms with Gasteiger partial charge in [0, 0.05) is 65.8 Å². The van der Waals surface area contributed by atoms with Crippen molar-refractivity contribution in [2.45, 2.75) is 46.3 Å². The number of hydrogen-bond acceptors (Lipinski definition) is 12. The van der Waals surface area contributed by atoms with Crippen LogP contribution in [0.1, 0.15) is 80.7 Å². The molecule has 3 aliphatic carbocycles.